The van der Waals surface area contributed by atoms with Gasteiger partial charge in [0.2, 0.25) is 0 Å². The van der Waals surface area contributed by atoms with E-state index in [1.54, 1.807) is 0 Å². The van der Waals surface area contributed by atoms with E-state index >= 15 is 0 Å². The van der Waals surface area contributed by atoms with Gasteiger partial charge >= 0.3 is 0 Å². The molecule has 20 heavy (non-hydrogen) atoms. The first-order valence-electron chi connectivity index (χ1n) is 6.64. The van der Waals surface area contributed by atoms with Gasteiger partial charge in [-0.3, -0.25) is 10.1 Å². The standard InChI is InChI=1S/C14H22FN3O2/c1-10(2)7-12(9-17(3)4)16-13-6-5-11(15)8-14(13)18(19)20/h5-6,8,10,12,16H,7,9H2,1-4H3. The summed E-state index contributed by atoms with van der Waals surface area (Å²) < 4.78 is 13.1. The van der Waals surface area contributed by atoms with Gasteiger partial charge in [-0.05, 0) is 38.6 Å². The van der Waals surface area contributed by atoms with Crippen molar-refractivity contribution in [2.24, 2.45) is 5.92 Å². The molecule has 5 nitrogen and oxygen atoms in total. The van der Waals surface area contributed by atoms with Crippen LogP contribution < -0.4 is 5.32 Å². The number of hydrogen-bond donors (Lipinski definition) is 1. The summed E-state index contributed by atoms with van der Waals surface area (Å²) in [5, 5.41) is 14.2. The number of nitro benzene ring substituents is 1. The Hall–Kier alpha value is -1.69. The summed E-state index contributed by atoms with van der Waals surface area (Å²) in [6.07, 6.45) is 0.882. The Morgan fingerprint density at radius 1 is 1.40 bits per heavy atom. The lowest BCUT2D eigenvalue weighted by atomic mass is 10.0. The lowest BCUT2D eigenvalue weighted by molar-refractivity contribution is -0.384. The van der Waals surface area contributed by atoms with Gasteiger partial charge in [0.15, 0.2) is 0 Å². The summed E-state index contributed by atoms with van der Waals surface area (Å²) in [5.74, 6) is -0.137. The SMILES string of the molecule is CC(C)CC(CN(C)C)Nc1ccc(F)cc1[N+](=O)[O-]. The summed E-state index contributed by atoms with van der Waals surface area (Å²) in [5.41, 5.74) is 0.140. The predicted octanol–water partition coefficient (Wildman–Crippen LogP) is 3.12. The molecule has 0 bridgehead atoms. The molecule has 0 radical (unpaired) electrons. The fourth-order valence-electron chi connectivity index (χ4n) is 2.19. The molecule has 0 amide bonds. The molecule has 1 rings (SSSR count). The van der Waals surface area contributed by atoms with Crippen LogP contribution in [0.25, 0.3) is 0 Å². The smallest absolute Gasteiger partial charge is 0.295 e. The highest BCUT2D eigenvalue weighted by molar-refractivity contribution is 5.61. The summed E-state index contributed by atoms with van der Waals surface area (Å²) in [6, 6.07) is 3.69. The van der Waals surface area contributed by atoms with Crippen molar-refractivity contribution in [3.05, 3.63) is 34.1 Å². The Balaban J connectivity index is 2.94. The minimum Gasteiger partial charge on any atom is -0.375 e. The first-order valence-corrected chi connectivity index (χ1v) is 6.64. The van der Waals surface area contributed by atoms with Crippen molar-refractivity contribution in [1.29, 1.82) is 0 Å². The second kappa shape index (κ2) is 7.19. The van der Waals surface area contributed by atoms with Crippen molar-refractivity contribution >= 4 is 11.4 Å². The second-order valence-corrected chi connectivity index (χ2v) is 5.65. The molecule has 0 saturated carbocycles. The van der Waals surface area contributed by atoms with Crippen LogP contribution in [0.15, 0.2) is 18.2 Å². The summed E-state index contributed by atoms with van der Waals surface area (Å²) in [4.78, 5) is 12.4. The Kier molecular flexibility index (Phi) is 5.88. The Labute approximate surface area is 118 Å². The van der Waals surface area contributed by atoms with Gasteiger partial charge in [-0.2, -0.15) is 0 Å². The predicted molar refractivity (Wildman–Crippen MR) is 78.5 cm³/mol. The van der Waals surface area contributed by atoms with Crippen molar-refractivity contribution in [2.45, 2.75) is 26.3 Å². The van der Waals surface area contributed by atoms with Gasteiger partial charge in [0.05, 0.1) is 11.0 Å². The lowest BCUT2D eigenvalue weighted by Gasteiger charge is -2.24. The third-order valence-electron chi connectivity index (χ3n) is 2.86. The summed E-state index contributed by atoms with van der Waals surface area (Å²) >= 11 is 0. The molecule has 112 valence electrons. The van der Waals surface area contributed by atoms with Crippen LogP contribution in [0.2, 0.25) is 0 Å². The topological polar surface area (TPSA) is 58.4 Å². The average molecular weight is 283 g/mol. The zero-order chi connectivity index (χ0) is 15.3. The van der Waals surface area contributed by atoms with Crippen molar-refractivity contribution in [2.75, 3.05) is 26.0 Å². The number of rotatable bonds is 7. The molecular weight excluding hydrogens is 261 g/mol. The first kappa shape index (κ1) is 16.4. The normalized spacial score (nSPS) is 12.8. The highest BCUT2D eigenvalue weighted by atomic mass is 19.1. The van der Waals surface area contributed by atoms with Crippen molar-refractivity contribution in [3.63, 3.8) is 0 Å². The van der Waals surface area contributed by atoms with E-state index in [0.717, 1.165) is 19.0 Å². The maximum Gasteiger partial charge on any atom is 0.295 e. The largest absolute Gasteiger partial charge is 0.375 e. The third-order valence-corrected chi connectivity index (χ3v) is 2.86. The molecular formula is C14H22FN3O2. The molecule has 0 saturated heterocycles. The molecule has 0 aliphatic heterocycles. The number of halogens is 1. The van der Waals surface area contributed by atoms with Crippen molar-refractivity contribution in [3.8, 4) is 0 Å². The number of likely N-dealkylation sites (N-methyl/N-ethyl adjacent to an activating group) is 1. The van der Waals surface area contributed by atoms with E-state index in [4.69, 9.17) is 0 Å². The second-order valence-electron chi connectivity index (χ2n) is 5.65. The van der Waals surface area contributed by atoms with Crippen LogP contribution in [0.1, 0.15) is 20.3 Å². The van der Waals surface area contributed by atoms with Crippen LogP contribution in [0.3, 0.4) is 0 Å². The van der Waals surface area contributed by atoms with E-state index in [0.29, 0.717) is 11.6 Å². The molecule has 0 spiro atoms. The molecule has 0 aromatic heterocycles. The fourth-order valence-corrected chi connectivity index (χ4v) is 2.19. The Morgan fingerprint density at radius 2 is 2.05 bits per heavy atom. The summed E-state index contributed by atoms with van der Waals surface area (Å²) in [7, 11) is 3.90. The molecule has 1 atom stereocenters. The minimum atomic E-state index is -0.602. The van der Waals surface area contributed by atoms with Crippen LogP contribution in [0.5, 0.6) is 0 Å². The van der Waals surface area contributed by atoms with Crippen LogP contribution in [0, 0.1) is 21.8 Å². The lowest BCUT2D eigenvalue weighted by Crippen LogP contribution is -2.33. The molecule has 0 aliphatic rings. The first-order chi connectivity index (χ1) is 9.29. The van der Waals surface area contributed by atoms with Gasteiger partial charge in [-0.15, -0.1) is 0 Å². The summed E-state index contributed by atoms with van der Waals surface area (Å²) in [6.45, 7) is 4.96. The van der Waals surface area contributed by atoms with E-state index in [2.05, 4.69) is 19.2 Å². The molecule has 0 aliphatic carbocycles. The highest BCUT2D eigenvalue weighted by Gasteiger charge is 2.19. The molecule has 1 unspecified atom stereocenters. The molecule has 0 heterocycles. The van der Waals surface area contributed by atoms with Gasteiger partial charge < -0.3 is 10.2 Å². The number of nitrogens with zero attached hydrogens (tertiary/aromatic N) is 2. The van der Waals surface area contributed by atoms with Gasteiger partial charge in [-0.25, -0.2) is 4.39 Å². The van der Waals surface area contributed by atoms with E-state index < -0.39 is 10.7 Å². The van der Waals surface area contributed by atoms with E-state index in [-0.39, 0.29) is 11.7 Å². The Morgan fingerprint density at radius 3 is 2.55 bits per heavy atom. The maximum absolute atomic E-state index is 13.1. The minimum absolute atomic E-state index is 0.0779. The molecule has 0 fully saturated rings. The molecule has 1 aromatic rings. The van der Waals surface area contributed by atoms with E-state index in [1.807, 2.05) is 19.0 Å². The van der Waals surface area contributed by atoms with Gasteiger partial charge in [0.1, 0.15) is 11.5 Å². The van der Waals surface area contributed by atoms with Crippen molar-refractivity contribution < 1.29 is 9.31 Å². The number of nitrogens with one attached hydrogen (secondary N) is 1. The van der Waals surface area contributed by atoms with Crippen molar-refractivity contribution in [1.82, 2.24) is 4.90 Å². The van der Waals surface area contributed by atoms with E-state index in [1.165, 1.54) is 12.1 Å². The highest BCUT2D eigenvalue weighted by Crippen LogP contribution is 2.26. The Bertz CT molecular complexity index is 454. The monoisotopic (exact) mass is 283 g/mol. The third kappa shape index (κ3) is 5.13. The van der Waals surface area contributed by atoms with E-state index in [9.17, 15) is 14.5 Å². The molecule has 1 N–H and O–H groups in total. The average Bonchev–Trinajstić information content (AvgIpc) is 2.29. The molecule has 1 aromatic carbocycles. The maximum atomic E-state index is 13.1. The molecule has 6 heteroatoms. The number of benzene rings is 1. The zero-order valence-corrected chi connectivity index (χ0v) is 12.4. The number of anilines is 1. The fraction of sp³-hybridized carbons (Fsp3) is 0.571. The van der Waals surface area contributed by atoms with Gasteiger partial charge in [0.25, 0.3) is 5.69 Å². The number of nitro groups is 1. The number of hydrogen-bond acceptors (Lipinski definition) is 4. The van der Waals surface area contributed by atoms with Crippen LogP contribution in [-0.4, -0.2) is 36.5 Å². The van der Waals surface area contributed by atoms with Crippen LogP contribution >= 0.6 is 0 Å². The van der Waals surface area contributed by atoms with Gasteiger partial charge in [0, 0.05) is 12.6 Å². The van der Waals surface area contributed by atoms with Crippen LogP contribution in [0.4, 0.5) is 15.8 Å². The van der Waals surface area contributed by atoms with Crippen LogP contribution in [-0.2, 0) is 0 Å². The van der Waals surface area contributed by atoms with Gasteiger partial charge in [-0.1, -0.05) is 13.8 Å². The quantitative estimate of drug-likeness (QED) is 0.617. The zero-order valence-electron chi connectivity index (χ0n) is 12.4.